The SMILES string of the molecule is CCCn1ncc2nc(-c3cccnc3OCC)cc(N[C@@H]3CCOC3)c21. The zero-order chi connectivity index (χ0) is 18.6. The van der Waals surface area contributed by atoms with Gasteiger partial charge >= 0.3 is 0 Å². The third-order valence-electron chi connectivity index (χ3n) is 4.65. The second-order valence-corrected chi connectivity index (χ2v) is 6.65. The fourth-order valence-electron chi connectivity index (χ4n) is 3.44. The molecule has 4 rings (SSSR count). The molecule has 0 radical (unpaired) electrons. The average Bonchev–Trinajstić information content (AvgIpc) is 3.33. The molecule has 142 valence electrons. The number of ether oxygens (including phenoxy) is 2. The van der Waals surface area contributed by atoms with Crippen LogP contribution in [-0.2, 0) is 11.3 Å². The highest BCUT2D eigenvalue weighted by atomic mass is 16.5. The highest BCUT2D eigenvalue weighted by Gasteiger charge is 2.20. The van der Waals surface area contributed by atoms with Gasteiger partial charge in [-0.1, -0.05) is 6.92 Å². The maximum Gasteiger partial charge on any atom is 0.222 e. The smallest absolute Gasteiger partial charge is 0.222 e. The standard InChI is InChI=1S/C20H25N5O2/c1-3-9-25-19-17(23-14-7-10-26-13-14)11-16(24-18(19)12-22-25)15-6-5-8-21-20(15)27-4-2/h5-6,8,11-12,14H,3-4,7,9-10,13H2,1-2H3,(H,23,24)/t14-/m1/s1. The van der Waals surface area contributed by atoms with Crippen molar-refractivity contribution in [2.75, 3.05) is 25.1 Å². The van der Waals surface area contributed by atoms with Crippen LogP contribution >= 0.6 is 0 Å². The van der Waals surface area contributed by atoms with Crippen molar-refractivity contribution in [1.82, 2.24) is 19.7 Å². The van der Waals surface area contributed by atoms with Crippen molar-refractivity contribution in [2.45, 2.75) is 39.3 Å². The largest absolute Gasteiger partial charge is 0.477 e. The van der Waals surface area contributed by atoms with E-state index in [0.717, 1.165) is 60.6 Å². The molecule has 0 saturated carbocycles. The van der Waals surface area contributed by atoms with Gasteiger partial charge in [0.15, 0.2) is 0 Å². The summed E-state index contributed by atoms with van der Waals surface area (Å²) in [5.41, 5.74) is 4.65. The molecule has 1 aliphatic heterocycles. The Hall–Kier alpha value is -2.67. The Bertz CT molecular complexity index is 918. The van der Waals surface area contributed by atoms with E-state index in [2.05, 4.69) is 28.4 Å². The molecular formula is C20H25N5O2. The summed E-state index contributed by atoms with van der Waals surface area (Å²) in [6, 6.07) is 6.27. The molecule has 1 fully saturated rings. The van der Waals surface area contributed by atoms with Crippen LogP contribution in [0.3, 0.4) is 0 Å². The van der Waals surface area contributed by atoms with Crippen molar-refractivity contribution in [3.05, 3.63) is 30.6 Å². The molecule has 0 aromatic carbocycles. The van der Waals surface area contributed by atoms with Gasteiger partial charge in [0.05, 0.1) is 42.4 Å². The molecule has 7 heteroatoms. The lowest BCUT2D eigenvalue weighted by Crippen LogP contribution is -2.19. The Morgan fingerprint density at radius 2 is 2.30 bits per heavy atom. The summed E-state index contributed by atoms with van der Waals surface area (Å²) in [6.45, 7) is 7.04. The van der Waals surface area contributed by atoms with Crippen molar-refractivity contribution >= 4 is 16.7 Å². The fourth-order valence-corrected chi connectivity index (χ4v) is 3.44. The van der Waals surface area contributed by atoms with Gasteiger partial charge in [0, 0.05) is 19.3 Å². The number of hydrogen-bond acceptors (Lipinski definition) is 6. The van der Waals surface area contributed by atoms with E-state index in [4.69, 9.17) is 14.5 Å². The highest BCUT2D eigenvalue weighted by Crippen LogP contribution is 2.33. The van der Waals surface area contributed by atoms with Crippen molar-refractivity contribution in [3.8, 4) is 17.1 Å². The second-order valence-electron chi connectivity index (χ2n) is 6.65. The maximum absolute atomic E-state index is 5.71. The molecule has 0 aliphatic carbocycles. The minimum absolute atomic E-state index is 0.300. The van der Waals surface area contributed by atoms with Gasteiger partial charge in [-0.05, 0) is 38.0 Å². The predicted octanol–water partition coefficient (Wildman–Crippen LogP) is 3.50. The molecule has 3 aromatic heterocycles. The molecule has 1 saturated heterocycles. The monoisotopic (exact) mass is 367 g/mol. The summed E-state index contributed by atoms with van der Waals surface area (Å²) >= 11 is 0. The molecule has 1 N–H and O–H groups in total. The summed E-state index contributed by atoms with van der Waals surface area (Å²) in [6.07, 6.45) is 5.59. The number of fused-ring (bicyclic) bond motifs is 1. The van der Waals surface area contributed by atoms with Gasteiger partial charge in [0.1, 0.15) is 11.0 Å². The first kappa shape index (κ1) is 17.7. The van der Waals surface area contributed by atoms with Crippen molar-refractivity contribution in [1.29, 1.82) is 0 Å². The zero-order valence-corrected chi connectivity index (χ0v) is 15.8. The lowest BCUT2D eigenvalue weighted by atomic mass is 10.1. The predicted molar refractivity (Wildman–Crippen MR) is 105 cm³/mol. The highest BCUT2D eigenvalue weighted by molar-refractivity contribution is 5.91. The van der Waals surface area contributed by atoms with Crippen molar-refractivity contribution < 1.29 is 9.47 Å². The number of aryl methyl sites for hydroxylation is 1. The second kappa shape index (κ2) is 7.92. The Kier molecular flexibility index (Phi) is 5.20. The molecule has 0 amide bonds. The molecule has 0 unspecified atom stereocenters. The lowest BCUT2D eigenvalue weighted by Gasteiger charge is -2.16. The van der Waals surface area contributed by atoms with Crippen LogP contribution in [0.2, 0.25) is 0 Å². The Balaban J connectivity index is 1.83. The van der Waals surface area contributed by atoms with Crippen LogP contribution in [0.15, 0.2) is 30.6 Å². The third-order valence-corrected chi connectivity index (χ3v) is 4.65. The zero-order valence-electron chi connectivity index (χ0n) is 15.8. The summed E-state index contributed by atoms with van der Waals surface area (Å²) in [5.74, 6) is 0.600. The number of aromatic nitrogens is 4. The Labute approximate surface area is 158 Å². The number of nitrogens with zero attached hydrogens (tertiary/aromatic N) is 4. The van der Waals surface area contributed by atoms with Gasteiger partial charge in [-0.2, -0.15) is 5.10 Å². The quantitative estimate of drug-likeness (QED) is 0.689. The van der Waals surface area contributed by atoms with Gasteiger partial charge < -0.3 is 14.8 Å². The van der Waals surface area contributed by atoms with Crippen LogP contribution in [0.5, 0.6) is 5.88 Å². The number of anilines is 1. The van der Waals surface area contributed by atoms with Gasteiger partial charge in [-0.25, -0.2) is 9.97 Å². The number of pyridine rings is 2. The number of hydrogen-bond donors (Lipinski definition) is 1. The summed E-state index contributed by atoms with van der Waals surface area (Å²) in [7, 11) is 0. The number of nitrogens with one attached hydrogen (secondary N) is 1. The van der Waals surface area contributed by atoms with E-state index in [1.165, 1.54) is 0 Å². The first-order valence-electron chi connectivity index (χ1n) is 9.59. The van der Waals surface area contributed by atoms with Crippen molar-refractivity contribution in [2.24, 2.45) is 0 Å². The fraction of sp³-hybridized carbons (Fsp3) is 0.450. The van der Waals surface area contributed by atoms with E-state index in [0.29, 0.717) is 18.5 Å². The molecule has 7 nitrogen and oxygen atoms in total. The van der Waals surface area contributed by atoms with E-state index in [1.807, 2.05) is 29.9 Å². The molecule has 4 heterocycles. The first-order valence-corrected chi connectivity index (χ1v) is 9.59. The van der Waals surface area contributed by atoms with Crippen LogP contribution in [0.1, 0.15) is 26.7 Å². The third kappa shape index (κ3) is 3.60. The van der Waals surface area contributed by atoms with Crippen LogP contribution < -0.4 is 10.1 Å². The van der Waals surface area contributed by atoms with Crippen molar-refractivity contribution in [3.63, 3.8) is 0 Å². The first-order chi connectivity index (χ1) is 13.3. The van der Waals surface area contributed by atoms with Crippen LogP contribution in [0.25, 0.3) is 22.3 Å². The van der Waals surface area contributed by atoms with E-state index in [-0.39, 0.29) is 0 Å². The van der Waals surface area contributed by atoms with E-state index >= 15 is 0 Å². The normalized spacial score (nSPS) is 16.7. The van der Waals surface area contributed by atoms with Crippen LogP contribution in [0, 0.1) is 0 Å². The van der Waals surface area contributed by atoms with E-state index in [1.54, 1.807) is 6.20 Å². The Morgan fingerprint density at radius 3 is 3.07 bits per heavy atom. The number of rotatable bonds is 7. The molecule has 1 atom stereocenters. The lowest BCUT2D eigenvalue weighted by molar-refractivity contribution is 0.195. The summed E-state index contributed by atoms with van der Waals surface area (Å²) in [5, 5.41) is 8.19. The average molecular weight is 367 g/mol. The van der Waals surface area contributed by atoms with Gasteiger partial charge in [-0.3, -0.25) is 4.68 Å². The van der Waals surface area contributed by atoms with Gasteiger partial charge in [0.25, 0.3) is 0 Å². The summed E-state index contributed by atoms with van der Waals surface area (Å²) < 4.78 is 13.3. The molecular weight excluding hydrogens is 342 g/mol. The minimum atomic E-state index is 0.300. The molecule has 27 heavy (non-hydrogen) atoms. The van der Waals surface area contributed by atoms with Gasteiger partial charge in [-0.15, -0.1) is 0 Å². The van der Waals surface area contributed by atoms with E-state index in [9.17, 15) is 0 Å². The maximum atomic E-state index is 5.71. The van der Waals surface area contributed by atoms with Crippen LogP contribution in [0.4, 0.5) is 5.69 Å². The molecule has 1 aliphatic rings. The minimum Gasteiger partial charge on any atom is -0.477 e. The summed E-state index contributed by atoms with van der Waals surface area (Å²) in [4.78, 5) is 9.22. The molecule has 3 aromatic rings. The topological polar surface area (TPSA) is 74.1 Å². The Morgan fingerprint density at radius 1 is 1.37 bits per heavy atom. The molecule has 0 bridgehead atoms. The molecule has 0 spiro atoms. The van der Waals surface area contributed by atoms with Crippen LogP contribution in [-0.4, -0.2) is 45.6 Å². The van der Waals surface area contributed by atoms with E-state index < -0.39 is 0 Å². The van der Waals surface area contributed by atoms with Gasteiger partial charge in [0.2, 0.25) is 5.88 Å².